The van der Waals surface area contributed by atoms with Crippen LogP contribution in [0, 0.1) is 0 Å². The predicted molar refractivity (Wildman–Crippen MR) is 71.6 cm³/mol. The fourth-order valence-electron chi connectivity index (χ4n) is 2.07. The van der Waals surface area contributed by atoms with E-state index < -0.39 is 0 Å². The van der Waals surface area contributed by atoms with E-state index in [-0.39, 0.29) is 17.4 Å². The van der Waals surface area contributed by atoms with Gasteiger partial charge in [-0.15, -0.1) is 0 Å². The minimum atomic E-state index is 0.0529. The van der Waals surface area contributed by atoms with E-state index in [4.69, 9.17) is 5.73 Å². The molecule has 0 aliphatic heterocycles. The van der Waals surface area contributed by atoms with E-state index in [9.17, 15) is 10.2 Å². The molecule has 0 fully saturated rings. The summed E-state index contributed by atoms with van der Waals surface area (Å²) in [6.45, 7) is 2.52. The molecule has 18 heavy (non-hydrogen) atoms. The quantitative estimate of drug-likeness (QED) is 0.776. The molecule has 2 rings (SSSR count). The highest BCUT2D eigenvalue weighted by Crippen LogP contribution is 2.33. The molecule has 4 N–H and O–H groups in total. The molecule has 2 aromatic carbocycles. The van der Waals surface area contributed by atoms with Gasteiger partial charge in [0.05, 0.1) is 0 Å². The molecule has 3 nitrogen and oxygen atoms in total. The van der Waals surface area contributed by atoms with E-state index >= 15 is 0 Å². The smallest absolute Gasteiger partial charge is 0.123 e. The van der Waals surface area contributed by atoms with Crippen molar-refractivity contribution in [3.8, 4) is 11.5 Å². The van der Waals surface area contributed by atoms with Gasteiger partial charge in [0.1, 0.15) is 11.5 Å². The third kappa shape index (κ3) is 2.46. The van der Waals surface area contributed by atoms with Crippen LogP contribution >= 0.6 is 0 Å². The molecule has 0 radical (unpaired) electrons. The van der Waals surface area contributed by atoms with Crippen LogP contribution in [0.4, 0.5) is 0 Å². The van der Waals surface area contributed by atoms with E-state index in [0.717, 1.165) is 16.7 Å². The first-order chi connectivity index (χ1) is 8.61. The van der Waals surface area contributed by atoms with Crippen molar-refractivity contribution in [2.45, 2.75) is 19.4 Å². The maximum absolute atomic E-state index is 9.86. The van der Waals surface area contributed by atoms with Crippen LogP contribution in [0.2, 0.25) is 0 Å². The summed E-state index contributed by atoms with van der Waals surface area (Å²) in [6.07, 6.45) is 0. The standard InChI is InChI=1S/C15H17NO2/c1-10(12-4-2-3-11(7-12)9-16)14-6-5-13(17)8-15(14)18/h2-8,10,17-18H,9,16H2,1H3. The summed E-state index contributed by atoms with van der Waals surface area (Å²) < 4.78 is 0. The van der Waals surface area contributed by atoms with Gasteiger partial charge in [-0.2, -0.15) is 0 Å². The summed E-state index contributed by atoms with van der Waals surface area (Å²) in [5, 5.41) is 19.2. The summed E-state index contributed by atoms with van der Waals surface area (Å²) in [5.74, 6) is 0.233. The van der Waals surface area contributed by atoms with Gasteiger partial charge < -0.3 is 15.9 Å². The number of rotatable bonds is 3. The molecule has 0 bridgehead atoms. The van der Waals surface area contributed by atoms with Gasteiger partial charge in [-0.1, -0.05) is 37.3 Å². The Balaban J connectivity index is 2.37. The second-order valence-corrected chi connectivity index (χ2v) is 4.41. The Hall–Kier alpha value is -2.00. The lowest BCUT2D eigenvalue weighted by atomic mass is 9.91. The summed E-state index contributed by atoms with van der Waals surface area (Å²) in [6, 6.07) is 12.7. The van der Waals surface area contributed by atoms with Gasteiger partial charge in [-0.05, 0) is 17.2 Å². The zero-order valence-electron chi connectivity index (χ0n) is 10.3. The topological polar surface area (TPSA) is 66.5 Å². The second kappa shape index (κ2) is 5.10. The molecule has 1 unspecified atom stereocenters. The predicted octanol–water partition coefficient (Wildman–Crippen LogP) is 2.71. The number of phenols is 2. The average molecular weight is 243 g/mol. The van der Waals surface area contributed by atoms with Gasteiger partial charge in [0.25, 0.3) is 0 Å². The maximum Gasteiger partial charge on any atom is 0.123 e. The first-order valence-corrected chi connectivity index (χ1v) is 5.92. The molecule has 2 aromatic rings. The maximum atomic E-state index is 9.86. The van der Waals surface area contributed by atoms with Crippen LogP contribution in [-0.4, -0.2) is 10.2 Å². The van der Waals surface area contributed by atoms with Crippen LogP contribution < -0.4 is 5.73 Å². The SMILES string of the molecule is CC(c1cccc(CN)c1)c1ccc(O)cc1O. The van der Waals surface area contributed by atoms with Crippen molar-refractivity contribution in [3.05, 3.63) is 59.2 Å². The van der Waals surface area contributed by atoms with Gasteiger partial charge in [-0.3, -0.25) is 0 Å². The van der Waals surface area contributed by atoms with Crippen molar-refractivity contribution in [2.24, 2.45) is 5.73 Å². The molecule has 0 aliphatic carbocycles. The Morgan fingerprint density at radius 1 is 1.11 bits per heavy atom. The zero-order valence-corrected chi connectivity index (χ0v) is 10.3. The first kappa shape index (κ1) is 12.5. The minimum absolute atomic E-state index is 0.0529. The van der Waals surface area contributed by atoms with Crippen molar-refractivity contribution in [2.75, 3.05) is 0 Å². The monoisotopic (exact) mass is 243 g/mol. The molecule has 0 saturated carbocycles. The highest BCUT2D eigenvalue weighted by molar-refractivity contribution is 5.45. The van der Waals surface area contributed by atoms with Gasteiger partial charge in [-0.25, -0.2) is 0 Å². The van der Waals surface area contributed by atoms with Crippen LogP contribution in [0.5, 0.6) is 11.5 Å². The molecule has 3 heteroatoms. The number of benzene rings is 2. The van der Waals surface area contributed by atoms with E-state index in [0.29, 0.717) is 6.54 Å². The molecule has 0 amide bonds. The normalized spacial score (nSPS) is 12.3. The molecule has 0 spiro atoms. The molecular formula is C15H17NO2. The fourth-order valence-corrected chi connectivity index (χ4v) is 2.07. The van der Waals surface area contributed by atoms with Crippen molar-refractivity contribution in [3.63, 3.8) is 0 Å². The van der Waals surface area contributed by atoms with Gasteiger partial charge in [0, 0.05) is 24.1 Å². The number of phenolic OH excluding ortho intramolecular Hbond substituents is 2. The third-order valence-electron chi connectivity index (χ3n) is 3.17. The molecule has 0 heterocycles. The van der Waals surface area contributed by atoms with Gasteiger partial charge >= 0.3 is 0 Å². The number of hydrogen-bond acceptors (Lipinski definition) is 3. The molecule has 0 aliphatic rings. The molecule has 1 atom stereocenters. The highest BCUT2D eigenvalue weighted by atomic mass is 16.3. The third-order valence-corrected chi connectivity index (χ3v) is 3.17. The summed E-state index contributed by atoms with van der Waals surface area (Å²) in [5.41, 5.74) is 8.58. The lowest BCUT2D eigenvalue weighted by Gasteiger charge is -2.15. The van der Waals surface area contributed by atoms with Crippen LogP contribution in [0.3, 0.4) is 0 Å². The summed E-state index contributed by atoms with van der Waals surface area (Å²) in [4.78, 5) is 0. The van der Waals surface area contributed by atoms with Crippen LogP contribution in [-0.2, 0) is 6.54 Å². The van der Waals surface area contributed by atoms with Crippen molar-refractivity contribution >= 4 is 0 Å². The molecule has 0 saturated heterocycles. The van der Waals surface area contributed by atoms with Crippen molar-refractivity contribution < 1.29 is 10.2 Å². The van der Waals surface area contributed by atoms with Gasteiger partial charge in [0.15, 0.2) is 0 Å². The molecule has 94 valence electrons. The molecular weight excluding hydrogens is 226 g/mol. The molecule has 0 aromatic heterocycles. The van der Waals surface area contributed by atoms with E-state index in [2.05, 4.69) is 0 Å². The van der Waals surface area contributed by atoms with Crippen molar-refractivity contribution in [1.29, 1.82) is 0 Å². The Kier molecular flexibility index (Phi) is 3.53. The van der Waals surface area contributed by atoms with E-state index in [1.807, 2.05) is 31.2 Å². The number of aromatic hydroxyl groups is 2. The Morgan fingerprint density at radius 2 is 1.89 bits per heavy atom. The Morgan fingerprint density at radius 3 is 2.56 bits per heavy atom. The lowest BCUT2D eigenvalue weighted by molar-refractivity contribution is 0.444. The van der Waals surface area contributed by atoms with Crippen LogP contribution in [0.25, 0.3) is 0 Å². The van der Waals surface area contributed by atoms with Crippen molar-refractivity contribution in [1.82, 2.24) is 0 Å². The summed E-state index contributed by atoms with van der Waals surface area (Å²) >= 11 is 0. The largest absolute Gasteiger partial charge is 0.508 e. The average Bonchev–Trinajstić information content (AvgIpc) is 2.38. The Labute approximate surface area is 107 Å². The highest BCUT2D eigenvalue weighted by Gasteiger charge is 2.13. The van der Waals surface area contributed by atoms with Crippen LogP contribution in [0.15, 0.2) is 42.5 Å². The van der Waals surface area contributed by atoms with E-state index in [1.165, 1.54) is 6.07 Å². The lowest BCUT2D eigenvalue weighted by Crippen LogP contribution is -2.00. The van der Waals surface area contributed by atoms with E-state index in [1.54, 1.807) is 12.1 Å². The summed E-state index contributed by atoms with van der Waals surface area (Å²) in [7, 11) is 0. The second-order valence-electron chi connectivity index (χ2n) is 4.41. The van der Waals surface area contributed by atoms with Crippen LogP contribution in [0.1, 0.15) is 29.5 Å². The first-order valence-electron chi connectivity index (χ1n) is 5.92. The number of nitrogens with two attached hydrogens (primary N) is 1. The minimum Gasteiger partial charge on any atom is -0.508 e. The fraction of sp³-hybridized carbons (Fsp3) is 0.200. The Bertz CT molecular complexity index is 552. The zero-order chi connectivity index (χ0) is 13.1. The van der Waals surface area contributed by atoms with Gasteiger partial charge in [0.2, 0.25) is 0 Å². The number of hydrogen-bond donors (Lipinski definition) is 3.